The molecule has 0 radical (unpaired) electrons. The van der Waals surface area contributed by atoms with Crippen LogP contribution in [0.4, 0.5) is 20.6 Å². The highest BCUT2D eigenvalue weighted by Crippen LogP contribution is 2.30. The first-order chi connectivity index (χ1) is 22.0. The highest BCUT2D eigenvalue weighted by Gasteiger charge is 2.33. The summed E-state index contributed by atoms with van der Waals surface area (Å²) in [5, 5.41) is 17.5. The topological polar surface area (TPSA) is 128 Å². The Balaban J connectivity index is 1.41. The number of fused-ring (bicyclic) bond motifs is 2. The predicted octanol–water partition coefficient (Wildman–Crippen LogP) is 5.09. The Kier molecular flexibility index (Phi) is 9.90. The molecule has 5 rings (SSSR count). The molecule has 46 heavy (non-hydrogen) atoms. The molecule has 0 aliphatic carbocycles. The van der Waals surface area contributed by atoms with E-state index < -0.39 is 34.0 Å². The fourth-order valence-electron chi connectivity index (χ4n) is 5.48. The summed E-state index contributed by atoms with van der Waals surface area (Å²) in [5.74, 6) is -0.770. The molecular weight excluding hydrogens is 611 g/mol. The summed E-state index contributed by atoms with van der Waals surface area (Å²) in [6, 6.07) is 21.9. The van der Waals surface area contributed by atoms with Crippen LogP contribution in [0.1, 0.15) is 19.4 Å². The van der Waals surface area contributed by atoms with Gasteiger partial charge in [-0.25, -0.2) is 17.6 Å². The molecule has 12 heteroatoms. The molecule has 1 heterocycles. The fourth-order valence-corrected chi connectivity index (χ4v) is 6.67. The molecule has 242 valence electrons. The number of aliphatic hydroxyl groups excluding tert-OH is 1. The lowest BCUT2D eigenvalue weighted by atomic mass is 10.0. The van der Waals surface area contributed by atoms with Gasteiger partial charge in [0.05, 0.1) is 36.2 Å². The van der Waals surface area contributed by atoms with E-state index in [1.807, 2.05) is 49.4 Å². The molecule has 0 unspecified atom stereocenters. The maximum atomic E-state index is 13.6. The Labute approximate surface area is 267 Å². The average molecular weight is 649 g/mol. The molecule has 3 N–H and O–H groups in total. The number of rotatable bonds is 8. The van der Waals surface area contributed by atoms with Gasteiger partial charge in [0.1, 0.15) is 17.7 Å². The zero-order valence-corrected chi connectivity index (χ0v) is 26.6. The molecule has 0 fully saturated rings. The largest absolute Gasteiger partial charge is 0.488 e. The van der Waals surface area contributed by atoms with Gasteiger partial charge < -0.3 is 25.4 Å². The number of nitrogens with zero attached hydrogens (tertiary/aromatic N) is 2. The van der Waals surface area contributed by atoms with Crippen LogP contribution >= 0.6 is 0 Å². The quantitative estimate of drug-likeness (QED) is 0.244. The lowest BCUT2D eigenvalue weighted by molar-refractivity contribution is -0.134. The second-order valence-electron chi connectivity index (χ2n) is 11.6. The van der Waals surface area contributed by atoms with Gasteiger partial charge in [-0.1, -0.05) is 43.3 Å². The number of amides is 3. The number of carbonyl (C=O) groups is 2. The first kappa shape index (κ1) is 32.9. The SMILES string of the molecule is C[C@H](CO)N1C[C@H](C)[C@@H](CN(C)S(=O)(=O)c2ccc(F)cc2)Oc2ccc(NC(=O)Nc3cccc4ccccc34)cc2CC1=O. The molecule has 4 aromatic rings. The fraction of sp³-hybridized carbons (Fsp3) is 0.294. The van der Waals surface area contributed by atoms with Gasteiger partial charge in [0.15, 0.2) is 0 Å². The second kappa shape index (κ2) is 13.9. The van der Waals surface area contributed by atoms with Crippen LogP contribution in [0.15, 0.2) is 89.8 Å². The monoisotopic (exact) mass is 648 g/mol. The van der Waals surface area contributed by atoms with Crippen molar-refractivity contribution in [2.45, 2.75) is 37.3 Å². The zero-order chi connectivity index (χ0) is 33.0. The molecular formula is C34H37FN4O6S. The van der Waals surface area contributed by atoms with Crippen molar-refractivity contribution in [1.29, 1.82) is 0 Å². The molecule has 4 aromatic carbocycles. The molecule has 0 bridgehead atoms. The van der Waals surface area contributed by atoms with Crippen molar-refractivity contribution in [3.05, 3.63) is 96.3 Å². The van der Waals surface area contributed by atoms with Crippen LogP contribution in [0, 0.1) is 11.7 Å². The number of likely N-dealkylation sites (N-methyl/N-ethyl adjacent to an activating group) is 1. The number of ether oxygens (including phenoxy) is 1. The summed E-state index contributed by atoms with van der Waals surface area (Å²) < 4.78 is 47.7. The molecule has 1 aliphatic rings. The van der Waals surface area contributed by atoms with Gasteiger partial charge in [-0.2, -0.15) is 4.31 Å². The summed E-state index contributed by atoms with van der Waals surface area (Å²) >= 11 is 0. The van der Waals surface area contributed by atoms with E-state index in [-0.39, 0.29) is 42.8 Å². The minimum atomic E-state index is -3.98. The van der Waals surface area contributed by atoms with Gasteiger partial charge in [-0.3, -0.25) is 4.79 Å². The van der Waals surface area contributed by atoms with Crippen molar-refractivity contribution in [2.24, 2.45) is 5.92 Å². The number of nitrogens with one attached hydrogen (secondary N) is 2. The predicted molar refractivity (Wildman–Crippen MR) is 175 cm³/mol. The van der Waals surface area contributed by atoms with E-state index in [2.05, 4.69) is 10.6 Å². The van der Waals surface area contributed by atoms with Crippen LogP contribution in [-0.2, 0) is 21.2 Å². The molecule has 10 nitrogen and oxygen atoms in total. The number of benzene rings is 4. The van der Waals surface area contributed by atoms with Crippen LogP contribution < -0.4 is 15.4 Å². The molecule has 0 aromatic heterocycles. The van der Waals surface area contributed by atoms with Crippen LogP contribution in [0.3, 0.4) is 0 Å². The third-order valence-corrected chi connectivity index (χ3v) is 10.0. The number of sulfonamides is 1. The zero-order valence-electron chi connectivity index (χ0n) is 25.8. The van der Waals surface area contributed by atoms with E-state index in [1.165, 1.54) is 19.2 Å². The van der Waals surface area contributed by atoms with Crippen molar-refractivity contribution < 1.29 is 32.2 Å². The van der Waals surface area contributed by atoms with Gasteiger partial charge in [-0.15, -0.1) is 0 Å². The Morgan fingerprint density at radius 3 is 2.52 bits per heavy atom. The third kappa shape index (κ3) is 7.30. The van der Waals surface area contributed by atoms with Crippen molar-refractivity contribution >= 4 is 44.1 Å². The molecule has 0 saturated heterocycles. The number of hydrogen-bond donors (Lipinski definition) is 3. The minimum Gasteiger partial charge on any atom is -0.488 e. The van der Waals surface area contributed by atoms with Gasteiger partial charge in [0.25, 0.3) is 0 Å². The maximum absolute atomic E-state index is 13.6. The summed E-state index contributed by atoms with van der Waals surface area (Å²) in [7, 11) is -2.56. The van der Waals surface area contributed by atoms with E-state index in [9.17, 15) is 27.5 Å². The minimum absolute atomic E-state index is 0.0595. The van der Waals surface area contributed by atoms with Crippen molar-refractivity contribution in [1.82, 2.24) is 9.21 Å². The van der Waals surface area contributed by atoms with E-state index >= 15 is 0 Å². The molecule has 0 spiro atoms. The Morgan fingerprint density at radius 1 is 1.07 bits per heavy atom. The third-order valence-electron chi connectivity index (χ3n) is 8.17. The summed E-state index contributed by atoms with van der Waals surface area (Å²) in [5.41, 5.74) is 1.56. The van der Waals surface area contributed by atoms with Crippen LogP contribution in [0.2, 0.25) is 0 Å². The number of hydrogen-bond acceptors (Lipinski definition) is 6. The Morgan fingerprint density at radius 2 is 1.78 bits per heavy atom. The second-order valence-corrected chi connectivity index (χ2v) is 13.6. The number of aliphatic hydroxyl groups is 1. The summed E-state index contributed by atoms with van der Waals surface area (Å²) in [6.07, 6.45) is -0.768. The van der Waals surface area contributed by atoms with Gasteiger partial charge in [0, 0.05) is 36.1 Å². The first-order valence-corrected chi connectivity index (χ1v) is 16.4. The number of urea groups is 1. The van der Waals surface area contributed by atoms with Crippen molar-refractivity contribution in [3.8, 4) is 5.75 Å². The lowest BCUT2D eigenvalue weighted by Crippen LogP contribution is -2.48. The van der Waals surface area contributed by atoms with E-state index in [4.69, 9.17) is 4.74 Å². The molecule has 0 saturated carbocycles. The van der Waals surface area contributed by atoms with Crippen molar-refractivity contribution in [3.63, 3.8) is 0 Å². The first-order valence-electron chi connectivity index (χ1n) is 14.9. The Hall–Kier alpha value is -4.52. The van der Waals surface area contributed by atoms with Crippen LogP contribution in [-0.4, -0.2) is 73.6 Å². The van der Waals surface area contributed by atoms with Gasteiger partial charge in [0.2, 0.25) is 15.9 Å². The molecule has 1 aliphatic heterocycles. The smallest absolute Gasteiger partial charge is 0.323 e. The summed E-state index contributed by atoms with van der Waals surface area (Å²) in [4.78, 5) is 28.1. The van der Waals surface area contributed by atoms with E-state index in [1.54, 1.807) is 30.0 Å². The van der Waals surface area contributed by atoms with Crippen LogP contribution in [0.5, 0.6) is 5.75 Å². The van der Waals surface area contributed by atoms with Crippen LogP contribution in [0.25, 0.3) is 10.8 Å². The van der Waals surface area contributed by atoms with Gasteiger partial charge in [-0.05, 0) is 60.8 Å². The summed E-state index contributed by atoms with van der Waals surface area (Å²) in [6.45, 7) is 3.48. The highest BCUT2D eigenvalue weighted by molar-refractivity contribution is 7.89. The number of anilines is 2. The maximum Gasteiger partial charge on any atom is 0.323 e. The van der Waals surface area contributed by atoms with E-state index in [0.29, 0.717) is 22.7 Å². The van der Waals surface area contributed by atoms with Gasteiger partial charge >= 0.3 is 6.03 Å². The van der Waals surface area contributed by atoms with Crippen molar-refractivity contribution in [2.75, 3.05) is 37.4 Å². The van der Waals surface area contributed by atoms with E-state index in [0.717, 1.165) is 27.2 Å². The molecule has 3 amide bonds. The lowest BCUT2D eigenvalue weighted by Gasteiger charge is -2.33. The number of carbonyl (C=O) groups excluding carboxylic acids is 2. The highest BCUT2D eigenvalue weighted by atomic mass is 32.2. The standard InChI is InChI=1S/C34H37FN4O6S/c1-22-19-39(23(2)21-40)33(41)18-25-17-27(36-34(42)37-30-10-6-8-24-7-4-5-9-29(24)30)13-16-31(25)45-32(22)20-38(3)46(43,44)28-14-11-26(35)12-15-28/h4-17,22-23,32,40H,18-21H2,1-3H3,(H2,36,37,42)/t22-,23+,32+/m0/s1. The average Bonchev–Trinajstić information content (AvgIpc) is 3.08. The Bertz CT molecular complexity index is 1830. The number of halogens is 1. The molecule has 3 atom stereocenters. The normalized spacial score (nSPS) is 17.8.